The van der Waals surface area contributed by atoms with Crippen LogP contribution in [0.4, 0.5) is 0 Å². The van der Waals surface area contributed by atoms with E-state index in [1.807, 2.05) is 6.92 Å². The van der Waals surface area contributed by atoms with Gasteiger partial charge in [0.15, 0.2) is 5.82 Å². The van der Waals surface area contributed by atoms with Gasteiger partial charge in [-0.2, -0.15) is 0 Å². The van der Waals surface area contributed by atoms with E-state index in [1.165, 1.54) is 0 Å². The summed E-state index contributed by atoms with van der Waals surface area (Å²) in [5.41, 5.74) is 0. The van der Waals surface area contributed by atoms with Gasteiger partial charge in [-0.1, -0.05) is 6.92 Å². The van der Waals surface area contributed by atoms with E-state index in [9.17, 15) is 4.79 Å². The normalized spacial score (nSPS) is 15.7. The van der Waals surface area contributed by atoms with Crippen LogP contribution >= 0.6 is 11.6 Å². The lowest BCUT2D eigenvalue weighted by Gasteiger charge is -2.19. The van der Waals surface area contributed by atoms with E-state index in [-0.39, 0.29) is 11.8 Å². The Bertz CT molecular complexity index is 418. The Hall–Kier alpha value is -1.10. The van der Waals surface area contributed by atoms with E-state index < -0.39 is 0 Å². The topological polar surface area (TPSA) is 51.0 Å². The Morgan fingerprint density at radius 1 is 1.59 bits per heavy atom. The third-order valence-corrected chi connectivity index (χ3v) is 3.56. The molecule has 17 heavy (non-hydrogen) atoms. The van der Waals surface area contributed by atoms with E-state index in [0.29, 0.717) is 12.4 Å². The highest BCUT2D eigenvalue weighted by atomic mass is 35.5. The molecule has 2 rings (SSSR count). The maximum Gasteiger partial charge on any atom is 0.226 e. The molecule has 2 heterocycles. The molecule has 1 aliphatic rings. The number of amides is 1. The molecule has 1 unspecified atom stereocenters. The molecule has 1 amide bonds. The number of aromatic nitrogens is 3. The number of nitrogens with zero attached hydrogens (tertiary/aromatic N) is 4. The molecule has 0 saturated carbocycles. The lowest BCUT2D eigenvalue weighted by atomic mass is 10.2. The largest absolute Gasteiger partial charge is 0.338 e. The standard InChI is InChI=1S/C11H17ClN4O/c1-8(6-12)11(17)15(2)7-10-14-13-9-4-3-5-16(9)10/h8H,3-7H2,1-2H3. The van der Waals surface area contributed by atoms with Crippen molar-refractivity contribution in [1.29, 1.82) is 0 Å². The third kappa shape index (κ3) is 2.44. The first kappa shape index (κ1) is 12.4. The molecule has 94 valence electrons. The predicted molar refractivity (Wildman–Crippen MR) is 64.7 cm³/mol. The van der Waals surface area contributed by atoms with Gasteiger partial charge in [-0.25, -0.2) is 0 Å². The smallest absolute Gasteiger partial charge is 0.226 e. The fraction of sp³-hybridized carbons (Fsp3) is 0.727. The first-order chi connectivity index (χ1) is 8.13. The number of halogens is 1. The molecule has 0 saturated heterocycles. The maximum absolute atomic E-state index is 11.9. The SMILES string of the molecule is CC(CCl)C(=O)N(C)Cc1nnc2n1CCC2. The van der Waals surface area contributed by atoms with Gasteiger partial charge in [0.2, 0.25) is 5.91 Å². The Balaban J connectivity index is 2.03. The van der Waals surface area contributed by atoms with E-state index >= 15 is 0 Å². The van der Waals surface area contributed by atoms with Crippen molar-refractivity contribution >= 4 is 17.5 Å². The maximum atomic E-state index is 11.9. The monoisotopic (exact) mass is 256 g/mol. The van der Waals surface area contributed by atoms with Crippen LogP contribution in [0.3, 0.4) is 0 Å². The third-order valence-electron chi connectivity index (χ3n) is 3.09. The Labute approximate surface area is 106 Å². The zero-order valence-corrected chi connectivity index (χ0v) is 10.9. The van der Waals surface area contributed by atoms with E-state index in [2.05, 4.69) is 14.8 Å². The van der Waals surface area contributed by atoms with Crippen molar-refractivity contribution in [3.05, 3.63) is 11.6 Å². The van der Waals surface area contributed by atoms with Crippen LogP contribution in [0.25, 0.3) is 0 Å². The van der Waals surface area contributed by atoms with E-state index in [1.54, 1.807) is 11.9 Å². The van der Waals surface area contributed by atoms with Crippen molar-refractivity contribution in [2.45, 2.75) is 32.9 Å². The lowest BCUT2D eigenvalue weighted by molar-refractivity contribution is -0.133. The van der Waals surface area contributed by atoms with Gasteiger partial charge in [-0.05, 0) is 6.42 Å². The van der Waals surface area contributed by atoms with Gasteiger partial charge in [0, 0.05) is 31.8 Å². The average molecular weight is 257 g/mol. The summed E-state index contributed by atoms with van der Waals surface area (Å²) in [6, 6.07) is 0. The van der Waals surface area contributed by atoms with Gasteiger partial charge in [0.1, 0.15) is 5.82 Å². The number of carbonyl (C=O) groups excluding carboxylic acids is 1. The molecule has 0 fully saturated rings. The molecule has 0 bridgehead atoms. The number of hydrogen-bond donors (Lipinski definition) is 0. The average Bonchev–Trinajstić information content (AvgIpc) is 2.91. The molecule has 0 radical (unpaired) electrons. The minimum absolute atomic E-state index is 0.0512. The molecule has 1 atom stereocenters. The Morgan fingerprint density at radius 3 is 3.06 bits per heavy atom. The van der Waals surface area contributed by atoms with Crippen LogP contribution in [0.2, 0.25) is 0 Å². The van der Waals surface area contributed by atoms with Gasteiger partial charge < -0.3 is 9.47 Å². The second kappa shape index (κ2) is 5.04. The van der Waals surface area contributed by atoms with Crippen molar-refractivity contribution in [3.63, 3.8) is 0 Å². The van der Waals surface area contributed by atoms with Crippen LogP contribution in [0, 0.1) is 5.92 Å². The fourth-order valence-electron chi connectivity index (χ4n) is 2.06. The highest BCUT2D eigenvalue weighted by Gasteiger charge is 2.21. The number of hydrogen-bond acceptors (Lipinski definition) is 3. The van der Waals surface area contributed by atoms with Gasteiger partial charge in [0.25, 0.3) is 0 Å². The Kier molecular flexibility index (Phi) is 3.66. The summed E-state index contributed by atoms with van der Waals surface area (Å²) < 4.78 is 2.11. The summed E-state index contributed by atoms with van der Waals surface area (Å²) in [5, 5.41) is 8.25. The van der Waals surface area contributed by atoms with Gasteiger partial charge >= 0.3 is 0 Å². The van der Waals surface area contributed by atoms with Crippen LogP contribution in [0.15, 0.2) is 0 Å². The summed E-state index contributed by atoms with van der Waals surface area (Å²) in [4.78, 5) is 13.6. The number of aryl methyl sites for hydroxylation is 1. The molecule has 0 N–H and O–H groups in total. The zero-order valence-electron chi connectivity index (χ0n) is 10.2. The van der Waals surface area contributed by atoms with Crippen molar-refractivity contribution in [2.75, 3.05) is 12.9 Å². The molecule has 0 aromatic carbocycles. The van der Waals surface area contributed by atoms with Crippen molar-refractivity contribution in [2.24, 2.45) is 5.92 Å². The van der Waals surface area contributed by atoms with Gasteiger partial charge in [-0.3, -0.25) is 4.79 Å². The summed E-state index contributed by atoms with van der Waals surface area (Å²) in [6.45, 7) is 3.30. The van der Waals surface area contributed by atoms with Crippen LogP contribution in [0.1, 0.15) is 25.0 Å². The first-order valence-electron chi connectivity index (χ1n) is 5.85. The van der Waals surface area contributed by atoms with Crippen LogP contribution in [-0.4, -0.2) is 38.5 Å². The fourth-order valence-corrected chi connectivity index (χ4v) is 2.19. The lowest BCUT2D eigenvalue weighted by Crippen LogP contribution is -2.32. The highest BCUT2D eigenvalue weighted by Crippen LogP contribution is 2.15. The number of carbonyl (C=O) groups is 1. The zero-order chi connectivity index (χ0) is 12.4. The predicted octanol–water partition coefficient (Wildman–Crippen LogP) is 1.06. The summed E-state index contributed by atoms with van der Waals surface area (Å²) in [6.07, 6.45) is 2.11. The first-order valence-corrected chi connectivity index (χ1v) is 6.38. The highest BCUT2D eigenvalue weighted by molar-refractivity contribution is 6.19. The molecule has 0 spiro atoms. The minimum Gasteiger partial charge on any atom is -0.338 e. The van der Waals surface area contributed by atoms with E-state index in [4.69, 9.17) is 11.6 Å². The van der Waals surface area contributed by atoms with Crippen molar-refractivity contribution in [3.8, 4) is 0 Å². The summed E-state index contributed by atoms with van der Waals surface area (Å²) >= 11 is 5.69. The number of alkyl halides is 1. The quantitative estimate of drug-likeness (QED) is 0.757. The molecular weight excluding hydrogens is 240 g/mol. The second-order valence-corrected chi connectivity index (χ2v) is 4.85. The number of rotatable bonds is 4. The van der Waals surface area contributed by atoms with Crippen molar-refractivity contribution < 1.29 is 4.79 Å². The van der Waals surface area contributed by atoms with Crippen LogP contribution in [-0.2, 0) is 24.3 Å². The molecule has 1 aromatic rings. The molecule has 1 aliphatic heterocycles. The Morgan fingerprint density at radius 2 is 2.35 bits per heavy atom. The van der Waals surface area contributed by atoms with E-state index in [0.717, 1.165) is 31.0 Å². The van der Waals surface area contributed by atoms with Gasteiger partial charge in [0.05, 0.1) is 6.54 Å². The summed E-state index contributed by atoms with van der Waals surface area (Å²) in [7, 11) is 1.78. The second-order valence-electron chi connectivity index (χ2n) is 4.54. The van der Waals surface area contributed by atoms with Gasteiger partial charge in [-0.15, -0.1) is 21.8 Å². The molecular formula is C11H17ClN4O. The molecule has 0 aliphatic carbocycles. The van der Waals surface area contributed by atoms with Crippen LogP contribution < -0.4 is 0 Å². The summed E-state index contributed by atoms with van der Waals surface area (Å²) in [5.74, 6) is 2.15. The van der Waals surface area contributed by atoms with Crippen LogP contribution in [0.5, 0.6) is 0 Å². The molecule has 6 heteroatoms. The molecule has 1 aromatic heterocycles. The van der Waals surface area contributed by atoms with Crippen molar-refractivity contribution in [1.82, 2.24) is 19.7 Å². The minimum atomic E-state index is -0.150. The number of fused-ring (bicyclic) bond motifs is 1. The molecule has 5 nitrogen and oxygen atoms in total.